The van der Waals surface area contributed by atoms with Crippen LogP contribution >= 0.6 is 0 Å². The molecule has 2 aromatic rings. The Balaban J connectivity index is 2.04. The molecule has 1 aromatic carbocycles. The van der Waals surface area contributed by atoms with E-state index in [0.717, 1.165) is 5.56 Å². The fourth-order valence-electron chi connectivity index (χ4n) is 1.81. The predicted molar refractivity (Wildman–Crippen MR) is 77.7 cm³/mol. The van der Waals surface area contributed by atoms with Gasteiger partial charge in [0.15, 0.2) is 0 Å². The van der Waals surface area contributed by atoms with E-state index in [-0.39, 0.29) is 11.8 Å². The molecule has 0 saturated heterocycles. The molecule has 0 radical (unpaired) electrons. The highest BCUT2D eigenvalue weighted by atomic mass is 19.1. The van der Waals surface area contributed by atoms with Crippen LogP contribution in [0.4, 0.5) is 14.9 Å². The predicted octanol–water partition coefficient (Wildman–Crippen LogP) is 2.89. The van der Waals surface area contributed by atoms with Crippen molar-refractivity contribution in [3.63, 3.8) is 0 Å². The second-order valence-corrected chi connectivity index (χ2v) is 4.49. The number of methoxy groups -OCH3 is 1. The van der Waals surface area contributed by atoms with E-state index in [9.17, 15) is 9.18 Å². The van der Waals surface area contributed by atoms with Crippen LogP contribution in [0.1, 0.15) is 5.56 Å². The molecule has 0 bridgehead atoms. The Kier molecular flexibility index (Phi) is 4.71. The number of aromatic nitrogens is 1. The summed E-state index contributed by atoms with van der Waals surface area (Å²) in [6.45, 7) is 0.442. The van der Waals surface area contributed by atoms with E-state index in [1.54, 1.807) is 19.4 Å². The van der Waals surface area contributed by atoms with E-state index in [1.165, 1.54) is 30.2 Å². The van der Waals surface area contributed by atoms with E-state index < -0.39 is 5.82 Å². The Hall–Kier alpha value is -2.63. The number of rotatable bonds is 4. The minimum absolute atomic E-state index is 0.278. The summed E-state index contributed by atoms with van der Waals surface area (Å²) in [5.74, 6) is -0.143. The molecule has 110 valence electrons. The van der Waals surface area contributed by atoms with E-state index in [1.807, 2.05) is 12.1 Å². The molecule has 6 heteroatoms. The Morgan fingerprint density at radius 2 is 2.05 bits per heavy atom. The standard InChI is InChI=1S/C15H16FN3O2/c1-19(10-11-5-7-17-8-6-11)15(20)18-13-4-3-12(16)9-14(13)21-2/h3-9H,10H2,1-2H3,(H,18,20). The number of nitrogens with zero attached hydrogens (tertiary/aromatic N) is 2. The van der Waals surface area contributed by atoms with Gasteiger partial charge in [0, 0.05) is 32.1 Å². The van der Waals surface area contributed by atoms with Gasteiger partial charge in [0.2, 0.25) is 0 Å². The topological polar surface area (TPSA) is 54.5 Å². The van der Waals surface area contributed by atoms with Crippen LogP contribution in [0.5, 0.6) is 5.75 Å². The molecule has 0 spiro atoms. The lowest BCUT2D eigenvalue weighted by atomic mass is 10.2. The molecule has 0 saturated carbocycles. The molecular formula is C15H16FN3O2. The molecule has 0 aliphatic carbocycles. The van der Waals surface area contributed by atoms with Crippen molar-refractivity contribution < 1.29 is 13.9 Å². The van der Waals surface area contributed by atoms with Crippen molar-refractivity contribution in [1.29, 1.82) is 0 Å². The minimum Gasteiger partial charge on any atom is -0.494 e. The maximum Gasteiger partial charge on any atom is 0.321 e. The molecule has 0 aliphatic heterocycles. The Labute approximate surface area is 122 Å². The molecular weight excluding hydrogens is 273 g/mol. The third-order valence-electron chi connectivity index (χ3n) is 2.92. The molecule has 2 amide bonds. The number of halogens is 1. The molecule has 1 N–H and O–H groups in total. The van der Waals surface area contributed by atoms with Gasteiger partial charge in [0.05, 0.1) is 12.8 Å². The zero-order chi connectivity index (χ0) is 15.2. The number of pyridine rings is 1. The van der Waals surface area contributed by atoms with Gasteiger partial charge in [-0.15, -0.1) is 0 Å². The molecule has 0 unspecified atom stereocenters. The Morgan fingerprint density at radius 1 is 1.33 bits per heavy atom. The summed E-state index contributed by atoms with van der Waals surface area (Å²) < 4.78 is 18.2. The van der Waals surface area contributed by atoms with Crippen molar-refractivity contribution in [1.82, 2.24) is 9.88 Å². The molecule has 0 atom stereocenters. The molecule has 21 heavy (non-hydrogen) atoms. The van der Waals surface area contributed by atoms with Crippen LogP contribution in [-0.4, -0.2) is 30.1 Å². The maximum absolute atomic E-state index is 13.1. The number of carbonyl (C=O) groups is 1. The third kappa shape index (κ3) is 3.92. The number of ether oxygens (including phenoxy) is 1. The smallest absolute Gasteiger partial charge is 0.321 e. The number of hydrogen-bond donors (Lipinski definition) is 1. The van der Waals surface area contributed by atoms with Crippen LogP contribution in [0, 0.1) is 5.82 Å². The average molecular weight is 289 g/mol. The summed E-state index contributed by atoms with van der Waals surface area (Å²) in [5, 5.41) is 2.69. The van der Waals surface area contributed by atoms with Crippen molar-refractivity contribution in [2.75, 3.05) is 19.5 Å². The van der Waals surface area contributed by atoms with Gasteiger partial charge in [-0.3, -0.25) is 4.98 Å². The monoisotopic (exact) mass is 289 g/mol. The van der Waals surface area contributed by atoms with E-state index in [4.69, 9.17) is 4.74 Å². The number of hydrogen-bond acceptors (Lipinski definition) is 3. The zero-order valence-corrected chi connectivity index (χ0v) is 11.8. The molecule has 1 aromatic heterocycles. The summed E-state index contributed by atoms with van der Waals surface area (Å²) in [6, 6.07) is 7.31. The number of benzene rings is 1. The first-order valence-electron chi connectivity index (χ1n) is 6.34. The second kappa shape index (κ2) is 6.69. The SMILES string of the molecule is COc1cc(F)ccc1NC(=O)N(C)Cc1ccncc1. The van der Waals surface area contributed by atoms with Gasteiger partial charge in [-0.2, -0.15) is 0 Å². The number of nitrogens with one attached hydrogen (secondary N) is 1. The highest BCUT2D eigenvalue weighted by molar-refractivity contribution is 5.90. The minimum atomic E-state index is -0.421. The lowest BCUT2D eigenvalue weighted by Crippen LogP contribution is -2.31. The van der Waals surface area contributed by atoms with Gasteiger partial charge >= 0.3 is 6.03 Å². The van der Waals surface area contributed by atoms with Crippen molar-refractivity contribution in [2.24, 2.45) is 0 Å². The zero-order valence-electron chi connectivity index (χ0n) is 11.8. The van der Waals surface area contributed by atoms with Crippen molar-refractivity contribution in [3.05, 3.63) is 54.1 Å². The van der Waals surface area contributed by atoms with Crippen LogP contribution in [-0.2, 0) is 6.54 Å². The first-order valence-corrected chi connectivity index (χ1v) is 6.34. The second-order valence-electron chi connectivity index (χ2n) is 4.49. The normalized spacial score (nSPS) is 10.0. The van der Waals surface area contributed by atoms with Gasteiger partial charge in [-0.1, -0.05) is 0 Å². The number of amides is 2. The Bertz CT molecular complexity index is 620. The lowest BCUT2D eigenvalue weighted by Gasteiger charge is -2.19. The van der Waals surface area contributed by atoms with Gasteiger partial charge in [0.25, 0.3) is 0 Å². The first kappa shape index (κ1) is 14.8. The van der Waals surface area contributed by atoms with Crippen LogP contribution in [0.2, 0.25) is 0 Å². The van der Waals surface area contributed by atoms with E-state index in [0.29, 0.717) is 12.2 Å². The van der Waals surface area contributed by atoms with E-state index >= 15 is 0 Å². The molecule has 0 aliphatic rings. The summed E-state index contributed by atoms with van der Waals surface area (Å²) in [7, 11) is 3.09. The fraction of sp³-hybridized carbons (Fsp3) is 0.200. The van der Waals surface area contributed by atoms with E-state index in [2.05, 4.69) is 10.3 Å². The van der Waals surface area contributed by atoms with Crippen LogP contribution in [0.25, 0.3) is 0 Å². The van der Waals surface area contributed by atoms with Crippen LogP contribution in [0.15, 0.2) is 42.7 Å². The van der Waals surface area contributed by atoms with Gasteiger partial charge < -0.3 is 15.0 Å². The molecule has 5 nitrogen and oxygen atoms in total. The molecule has 0 fully saturated rings. The van der Waals surface area contributed by atoms with Crippen molar-refractivity contribution >= 4 is 11.7 Å². The molecule has 2 rings (SSSR count). The average Bonchev–Trinajstić information content (AvgIpc) is 2.49. The quantitative estimate of drug-likeness (QED) is 0.941. The van der Waals surface area contributed by atoms with Crippen LogP contribution < -0.4 is 10.1 Å². The fourth-order valence-corrected chi connectivity index (χ4v) is 1.81. The summed E-state index contributed by atoms with van der Waals surface area (Å²) in [6.07, 6.45) is 3.34. The third-order valence-corrected chi connectivity index (χ3v) is 2.92. The summed E-state index contributed by atoms with van der Waals surface area (Å²) in [5.41, 5.74) is 1.39. The summed E-state index contributed by atoms with van der Waals surface area (Å²) in [4.78, 5) is 17.6. The van der Waals surface area contributed by atoms with Gasteiger partial charge in [0.1, 0.15) is 11.6 Å². The highest BCUT2D eigenvalue weighted by Crippen LogP contribution is 2.25. The number of anilines is 1. The highest BCUT2D eigenvalue weighted by Gasteiger charge is 2.12. The van der Waals surface area contributed by atoms with Crippen molar-refractivity contribution in [2.45, 2.75) is 6.54 Å². The van der Waals surface area contributed by atoms with Gasteiger partial charge in [-0.25, -0.2) is 9.18 Å². The maximum atomic E-state index is 13.1. The number of urea groups is 1. The van der Waals surface area contributed by atoms with Gasteiger partial charge in [-0.05, 0) is 29.8 Å². The Morgan fingerprint density at radius 3 is 2.71 bits per heavy atom. The molecule has 1 heterocycles. The largest absolute Gasteiger partial charge is 0.494 e. The summed E-state index contributed by atoms with van der Waals surface area (Å²) >= 11 is 0. The van der Waals surface area contributed by atoms with Crippen molar-refractivity contribution in [3.8, 4) is 5.75 Å². The number of carbonyl (C=O) groups excluding carboxylic acids is 1. The van der Waals surface area contributed by atoms with Crippen LogP contribution in [0.3, 0.4) is 0 Å². The first-order chi connectivity index (χ1) is 10.1. The lowest BCUT2D eigenvalue weighted by molar-refractivity contribution is 0.220.